The molecule has 0 aliphatic carbocycles. The van der Waals surface area contributed by atoms with Gasteiger partial charge in [0.1, 0.15) is 6.07 Å². The van der Waals surface area contributed by atoms with Crippen LogP contribution in [0.4, 0.5) is 5.88 Å². The maximum Gasteiger partial charge on any atom is 0.252 e. The maximum absolute atomic E-state index is 8.88. The maximum atomic E-state index is 8.88. The van der Waals surface area contributed by atoms with Gasteiger partial charge in [0.2, 0.25) is 5.69 Å². The van der Waals surface area contributed by atoms with Gasteiger partial charge in [-0.3, -0.25) is 0 Å². The molecule has 1 heterocycles. The first-order valence-electron chi connectivity index (χ1n) is 5.57. The zero-order valence-corrected chi connectivity index (χ0v) is 9.92. The first-order valence-corrected chi connectivity index (χ1v) is 5.57. The summed E-state index contributed by atoms with van der Waals surface area (Å²) in [5.74, 6) is 0.797. The first-order chi connectivity index (χ1) is 8.83. The van der Waals surface area contributed by atoms with E-state index in [2.05, 4.69) is 15.5 Å². The topological polar surface area (TPSA) is 74.2 Å². The molecule has 5 nitrogen and oxygen atoms in total. The Bertz CT molecular complexity index is 581. The van der Waals surface area contributed by atoms with E-state index in [0.717, 1.165) is 5.56 Å². The van der Waals surface area contributed by atoms with Crippen LogP contribution in [0.25, 0.3) is 0 Å². The molecule has 1 N–H and O–H groups in total. The fourth-order valence-electron chi connectivity index (χ4n) is 1.37. The number of benzene rings is 1. The van der Waals surface area contributed by atoms with E-state index in [1.165, 1.54) is 0 Å². The molecule has 2 rings (SSSR count). The number of hydrazone groups is 1. The van der Waals surface area contributed by atoms with E-state index in [0.29, 0.717) is 12.3 Å². The third-order valence-corrected chi connectivity index (χ3v) is 2.26. The molecular formula is C13H12N4O. The molecule has 0 aliphatic rings. The molecule has 0 unspecified atom stereocenters. The minimum absolute atomic E-state index is 0.220. The van der Waals surface area contributed by atoms with E-state index in [1.54, 1.807) is 6.21 Å². The van der Waals surface area contributed by atoms with Crippen molar-refractivity contribution in [3.8, 4) is 6.07 Å². The van der Waals surface area contributed by atoms with Gasteiger partial charge in [-0.25, -0.2) is 10.4 Å². The molecule has 0 saturated heterocycles. The highest BCUT2D eigenvalue weighted by Crippen LogP contribution is 2.16. The van der Waals surface area contributed by atoms with E-state index in [9.17, 15) is 0 Å². The van der Waals surface area contributed by atoms with Crippen LogP contribution < -0.4 is 5.43 Å². The van der Waals surface area contributed by atoms with Gasteiger partial charge < -0.3 is 4.42 Å². The smallest absolute Gasteiger partial charge is 0.252 e. The molecule has 0 bridgehead atoms. The summed E-state index contributed by atoms with van der Waals surface area (Å²) in [6.07, 6.45) is 2.29. The monoisotopic (exact) mass is 240 g/mol. The van der Waals surface area contributed by atoms with Gasteiger partial charge in [0.25, 0.3) is 5.88 Å². The number of aromatic nitrogens is 1. The Morgan fingerprint density at radius 3 is 2.89 bits per heavy atom. The fraction of sp³-hybridized carbons (Fsp3) is 0.154. The van der Waals surface area contributed by atoms with Crippen LogP contribution in [-0.2, 0) is 6.42 Å². The van der Waals surface area contributed by atoms with Gasteiger partial charge in [-0.1, -0.05) is 37.3 Å². The van der Waals surface area contributed by atoms with Gasteiger partial charge in [0.15, 0.2) is 5.89 Å². The Hall–Kier alpha value is -2.61. The largest absolute Gasteiger partial charge is 0.422 e. The number of nitrogens with zero attached hydrogens (tertiary/aromatic N) is 3. The Balaban J connectivity index is 2.09. The number of rotatable bonds is 4. The normalized spacial score (nSPS) is 10.4. The predicted octanol–water partition coefficient (Wildman–Crippen LogP) is 2.55. The first kappa shape index (κ1) is 11.9. The quantitative estimate of drug-likeness (QED) is 0.658. The third-order valence-electron chi connectivity index (χ3n) is 2.26. The molecule has 5 heteroatoms. The van der Waals surface area contributed by atoms with E-state index >= 15 is 0 Å². The van der Waals surface area contributed by atoms with Crippen molar-refractivity contribution >= 4 is 12.1 Å². The van der Waals surface area contributed by atoms with Crippen molar-refractivity contribution in [2.75, 3.05) is 5.43 Å². The minimum atomic E-state index is 0.220. The highest BCUT2D eigenvalue weighted by molar-refractivity contribution is 5.79. The van der Waals surface area contributed by atoms with E-state index in [1.807, 2.05) is 43.3 Å². The van der Waals surface area contributed by atoms with Crippen molar-refractivity contribution in [1.82, 2.24) is 4.98 Å². The Morgan fingerprint density at radius 1 is 1.44 bits per heavy atom. The molecule has 0 amide bonds. The van der Waals surface area contributed by atoms with Crippen LogP contribution in [0.3, 0.4) is 0 Å². The van der Waals surface area contributed by atoms with Crippen LogP contribution in [0.1, 0.15) is 24.1 Å². The fourth-order valence-corrected chi connectivity index (χ4v) is 1.37. The van der Waals surface area contributed by atoms with Crippen molar-refractivity contribution < 1.29 is 4.42 Å². The molecule has 0 fully saturated rings. The average molecular weight is 240 g/mol. The zero-order valence-electron chi connectivity index (χ0n) is 9.92. The number of hydrogen-bond donors (Lipinski definition) is 1. The van der Waals surface area contributed by atoms with Crippen LogP contribution >= 0.6 is 0 Å². The van der Waals surface area contributed by atoms with E-state index in [4.69, 9.17) is 9.68 Å². The Morgan fingerprint density at radius 2 is 2.22 bits per heavy atom. The molecule has 18 heavy (non-hydrogen) atoms. The van der Waals surface area contributed by atoms with Crippen molar-refractivity contribution in [2.45, 2.75) is 13.3 Å². The lowest BCUT2D eigenvalue weighted by molar-refractivity contribution is 0.513. The van der Waals surface area contributed by atoms with Gasteiger partial charge >= 0.3 is 0 Å². The van der Waals surface area contributed by atoms with Gasteiger partial charge in [-0.2, -0.15) is 10.4 Å². The van der Waals surface area contributed by atoms with Crippen LogP contribution in [-0.4, -0.2) is 11.2 Å². The number of aryl methyl sites for hydroxylation is 1. The summed E-state index contributed by atoms with van der Waals surface area (Å²) in [4.78, 5) is 4.01. The lowest BCUT2D eigenvalue weighted by atomic mass is 10.2. The molecule has 0 atom stereocenters. The summed E-state index contributed by atoms with van der Waals surface area (Å²) < 4.78 is 5.33. The summed E-state index contributed by atoms with van der Waals surface area (Å²) in [6, 6.07) is 11.6. The molecule has 90 valence electrons. The van der Waals surface area contributed by atoms with E-state index in [-0.39, 0.29) is 11.6 Å². The van der Waals surface area contributed by atoms with Gasteiger partial charge in [-0.05, 0) is 5.56 Å². The third kappa shape index (κ3) is 2.74. The summed E-state index contributed by atoms with van der Waals surface area (Å²) >= 11 is 0. The zero-order chi connectivity index (χ0) is 12.8. The van der Waals surface area contributed by atoms with Crippen LogP contribution in [0.15, 0.2) is 39.9 Å². The average Bonchev–Trinajstić information content (AvgIpc) is 2.82. The highest BCUT2D eigenvalue weighted by Gasteiger charge is 2.10. The SMILES string of the molecule is CCc1nc(C#N)c(N/N=C\c2ccccc2)o1. The number of oxazole rings is 1. The van der Waals surface area contributed by atoms with Crippen LogP contribution in [0.2, 0.25) is 0 Å². The predicted molar refractivity (Wildman–Crippen MR) is 68.3 cm³/mol. The lowest BCUT2D eigenvalue weighted by Gasteiger charge is -1.94. The van der Waals surface area contributed by atoms with Gasteiger partial charge in [-0.15, -0.1) is 0 Å². The molecule has 0 spiro atoms. The molecule has 0 aliphatic heterocycles. The summed E-state index contributed by atoms with van der Waals surface area (Å²) in [7, 11) is 0. The molecule has 0 radical (unpaired) electrons. The second-order valence-electron chi connectivity index (χ2n) is 3.53. The molecule has 1 aromatic carbocycles. The van der Waals surface area contributed by atoms with Crippen molar-refractivity contribution in [1.29, 1.82) is 5.26 Å². The van der Waals surface area contributed by atoms with Gasteiger partial charge in [0, 0.05) is 6.42 Å². The standard InChI is InChI=1S/C13H12N4O/c1-2-12-16-11(8-14)13(18-12)17-15-9-10-6-4-3-5-7-10/h3-7,9,17H,2H2,1H3/b15-9-. The molecule has 2 aromatic rings. The number of anilines is 1. The van der Waals surface area contributed by atoms with Crippen molar-refractivity contribution in [3.05, 3.63) is 47.5 Å². The highest BCUT2D eigenvalue weighted by atomic mass is 16.4. The second kappa shape index (κ2) is 5.64. The van der Waals surface area contributed by atoms with Crippen molar-refractivity contribution in [2.24, 2.45) is 5.10 Å². The second-order valence-corrected chi connectivity index (χ2v) is 3.53. The Labute approximate surface area is 105 Å². The molecule has 1 aromatic heterocycles. The lowest BCUT2D eigenvalue weighted by Crippen LogP contribution is -1.91. The summed E-state index contributed by atoms with van der Waals surface area (Å²) in [5, 5.41) is 12.9. The van der Waals surface area contributed by atoms with Crippen LogP contribution in [0, 0.1) is 11.3 Å². The van der Waals surface area contributed by atoms with Gasteiger partial charge in [0.05, 0.1) is 6.21 Å². The number of nitriles is 1. The van der Waals surface area contributed by atoms with Crippen LogP contribution in [0.5, 0.6) is 0 Å². The Kier molecular flexibility index (Phi) is 3.72. The summed E-state index contributed by atoms with van der Waals surface area (Å²) in [6.45, 7) is 1.91. The minimum Gasteiger partial charge on any atom is -0.422 e. The van der Waals surface area contributed by atoms with E-state index < -0.39 is 0 Å². The number of nitrogens with one attached hydrogen (secondary N) is 1. The molecule has 0 saturated carbocycles. The van der Waals surface area contributed by atoms with Crippen molar-refractivity contribution in [3.63, 3.8) is 0 Å². The summed E-state index contributed by atoms with van der Waals surface area (Å²) in [5.41, 5.74) is 3.86. The number of hydrogen-bond acceptors (Lipinski definition) is 5. The molecular weight excluding hydrogens is 228 g/mol.